The Bertz CT molecular complexity index is 633. The molecule has 0 atom stereocenters. The molecule has 0 heterocycles. The molecule has 0 fully saturated rings. The van der Waals surface area contributed by atoms with E-state index in [1.807, 2.05) is 18.2 Å². The van der Waals surface area contributed by atoms with Gasteiger partial charge >= 0.3 is 0 Å². The normalized spacial score (nSPS) is 10.3. The first kappa shape index (κ1) is 13.6. The lowest BCUT2D eigenvalue weighted by Crippen LogP contribution is -2.09. The minimum atomic E-state index is 0.432. The molecule has 2 aromatic carbocycles. The number of anilines is 2. The van der Waals surface area contributed by atoms with E-state index in [2.05, 4.69) is 44.3 Å². The zero-order valence-electron chi connectivity index (χ0n) is 11.4. The van der Waals surface area contributed by atoms with Crippen molar-refractivity contribution in [2.45, 2.75) is 20.8 Å². The second-order valence-corrected chi connectivity index (χ2v) is 5.28. The molecule has 0 aliphatic heterocycles. The van der Waals surface area contributed by atoms with Crippen molar-refractivity contribution in [2.75, 3.05) is 5.32 Å². The van der Waals surface area contributed by atoms with Crippen molar-refractivity contribution in [1.29, 1.82) is 0 Å². The SMILES string of the molecule is Cc1ccc(C)c(Nc2ccc(C(N)=S)cc2C)c1. The van der Waals surface area contributed by atoms with Crippen molar-refractivity contribution in [1.82, 2.24) is 0 Å². The molecule has 0 spiro atoms. The molecule has 0 bridgehead atoms. The van der Waals surface area contributed by atoms with Gasteiger partial charge < -0.3 is 11.1 Å². The van der Waals surface area contributed by atoms with Crippen molar-refractivity contribution >= 4 is 28.6 Å². The lowest BCUT2D eigenvalue weighted by molar-refractivity contribution is 1.35. The average Bonchev–Trinajstić information content (AvgIpc) is 2.36. The van der Waals surface area contributed by atoms with Crippen molar-refractivity contribution < 1.29 is 0 Å². The van der Waals surface area contributed by atoms with Crippen LogP contribution in [-0.2, 0) is 0 Å². The number of aryl methyl sites for hydroxylation is 3. The van der Waals surface area contributed by atoms with Crippen LogP contribution in [0.25, 0.3) is 0 Å². The summed E-state index contributed by atoms with van der Waals surface area (Å²) in [4.78, 5) is 0.432. The second kappa shape index (κ2) is 5.41. The number of rotatable bonds is 3. The van der Waals surface area contributed by atoms with E-state index in [4.69, 9.17) is 18.0 Å². The topological polar surface area (TPSA) is 38.0 Å². The fourth-order valence-corrected chi connectivity index (χ4v) is 2.10. The predicted molar refractivity (Wildman–Crippen MR) is 86.3 cm³/mol. The fourth-order valence-electron chi connectivity index (χ4n) is 1.97. The van der Waals surface area contributed by atoms with Gasteiger partial charge in [-0.05, 0) is 61.7 Å². The van der Waals surface area contributed by atoms with Crippen molar-refractivity contribution in [3.63, 3.8) is 0 Å². The maximum Gasteiger partial charge on any atom is 0.103 e. The zero-order chi connectivity index (χ0) is 14.0. The Labute approximate surface area is 119 Å². The number of benzene rings is 2. The van der Waals surface area contributed by atoms with Gasteiger partial charge in [-0.2, -0.15) is 0 Å². The highest BCUT2D eigenvalue weighted by molar-refractivity contribution is 7.80. The quantitative estimate of drug-likeness (QED) is 0.828. The molecule has 0 saturated carbocycles. The van der Waals surface area contributed by atoms with Gasteiger partial charge in [0, 0.05) is 16.9 Å². The Kier molecular flexibility index (Phi) is 3.86. The van der Waals surface area contributed by atoms with E-state index in [1.165, 1.54) is 11.1 Å². The molecule has 2 nitrogen and oxygen atoms in total. The number of thiocarbonyl (C=S) groups is 1. The molecule has 0 saturated heterocycles. The van der Waals surface area contributed by atoms with E-state index >= 15 is 0 Å². The number of nitrogens with one attached hydrogen (secondary N) is 1. The van der Waals surface area contributed by atoms with E-state index in [0.29, 0.717) is 4.99 Å². The third kappa shape index (κ3) is 3.12. The molecule has 0 aromatic heterocycles. The highest BCUT2D eigenvalue weighted by Gasteiger charge is 2.04. The van der Waals surface area contributed by atoms with Crippen LogP contribution < -0.4 is 11.1 Å². The van der Waals surface area contributed by atoms with Crippen molar-refractivity contribution in [3.8, 4) is 0 Å². The molecule has 0 aliphatic rings. The van der Waals surface area contributed by atoms with Crippen LogP contribution in [0.2, 0.25) is 0 Å². The molecule has 19 heavy (non-hydrogen) atoms. The summed E-state index contributed by atoms with van der Waals surface area (Å²) < 4.78 is 0. The van der Waals surface area contributed by atoms with E-state index in [-0.39, 0.29) is 0 Å². The highest BCUT2D eigenvalue weighted by atomic mass is 32.1. The van der Waals surface area contributed by atoms with Crippen LogP contribution in [0.4, 0.5) is 11.4 Å². The summed E-state index contributed by atoms with van der Waals surface area (Å²) in [6, 6.07) is 12.4. The van der Waals surface area contributed by atoms with E-state index in [1.54, 1.807) is 0 Å². The molecule has 2 rings (SSSR count). The van der Waals surface area contributed by atoms with E-state index < -0.39 is 0 Å². The van der Waals surface area contributed by atoms with E-state index in [0.717, 1.165) is 22.5 Å². The molecule has 3 heteroatoms. The first-order valence-electron chi connectivity index (χ1n) is 6.22. The maximum absolute atomic E-state index is 5.64. The first-order valence-corrected chi connectivity index (χ1v) is 6.63. The Morgan fingerprint density at radius 1 is 0.947 bits per heavy atom. The monoisotopic (exact) mass is 270 g/mol. The molecule has 0 radical (unpaired) electrons. The van der Waals surface area contributed by atoms with Gasteiger partial charge in [0.1, 0.15) is 4.99 Å². The molecular formula is C16H18N2S. The standard InChI is InChI=1S/C16H18N2S/c1-10-4-5-11(2)15(8-10)18-14-7-6-13(16(17)19)9-12(14)3/h4-9,18H,1-3H3,(H2,17,19). The summed E-state index contributed by atoms with van der Waals surface area (Å²) in [5, 5.41) is 3.46. The number of hydrogen-bond acceptors (Lipinski definition) is 2. The molecule has 0 unspecified atom stereocenters. The largest absolute Gasteiger partial charge is 0.389 e. The van der Waals surface area contributed by atoms with Crippen LogP contribution in [-0.4, -0.2) is 4.99 Å². The molecule has 0 aliphatic carbocycles. The third-order valence-corrected chi connectivity index (χ3v) is 3.41. The molecule has 0 amide bonds. The predicted octanol–water partition coefficient (Wildman–Crippen LogP) is 3.99. The van der Waals surface area contributed by atoms with Gasteiger partial charge in [-0.3, -0.25) is 0 Å². The summed E-state index contributed by atoms with van der Waals surface area (Å²) in [6.45, 7) is 6.24. The third-order valence-electron chi connectivity index (χ3n) is 3.17. The van der Waals surface area contributed by atoms with Crippen LogP contribution in [0.15, 0.2) is 36.4 Å². The minimum absolute atomic E-state index is 0.432. The van der Waals surface area contributed by atoms with Crippen LogP contribution >= 0.6 is 12.2 Å². The lowest BCUT2D eigenvalue weighted by Gasteiger charge is -2.13. The van der Waals surface area contributed by atoms with Gasteiger partial charge in [0.25, 0.3) is 0 Å². The summed E-state index contributed by atoms with van der Waals surface area (Å²) in [5.41, 5.74) is 12.3. The van der Waals surface area contributed by atoms with Crippen molar-refractivity contribution in [3.05, 3.63) is 58.7 Å². The van der Waals surface area contributed by atoms with Crippen LogP contribution in [0.3, 0.4) is 0 Å². The lowest BCUT2D eigenvalue weighted by atomic mass is 10.1. The highest BCUT2D eigenvalue weighted by Crippen LogP contribution is 2.24. The molecule has 98 valence electrons. The van der Waals surface area contributed by atoms with Crippen molar-refractivity contribution in [2.24, 2.45) is 5.73 Å². The summed E-state index contributed by atoms with van der Waals surface area (Å²) in [7, 11) is 0. The summed E-state index contributed by atoms with van der Waals surface area (Å²) >= 11 is 4.99. The Morgan fingerprint density at radius 3 is 2.32 bits per heavy atom. The van der Waals surface area contributed by atoms with Crippen LogP contribution in [0.1, 0.15) is 22.3 Å². The smallest absolute Gasteiger partial charge is 0.103 e. The minimum Gasteiger partial charge on any atom is -0.389 e. The van der Waals surface area contributed by atoms with Gasteiger partial charge in [-0.25, -0.2) is 0 Å². The maximum atomic E-state index is 5.64. The number of hydrogen-bond donors (Lipinski definition) is 2. The van der Waals surface area contributed by atoms with Gasteiger partial charge in [-0.15, -0.1) is 0 Å². The summed E-state index contributed by atoms with van der Waals surface area (Å²) in [6.07, 6.45) is 0. The second-order valence-electron chi connectivity index (χ2n) is 4.84. The Balaban J connectivity index is 2.33. The zero-order valence-corrected chi connectivity index (χ0v) is 12.3. The van der Waals surface area contributed by atoms with Gasteiger partial charge in [0.15, 0.2) is 0 Å². The van der Waals surface area contributed by atoms with Gasteiger partial charge in [-0.1, -0.05) is 24.4 Å². The summed E-state index contributed by atoms with van der Waals surface area (Å²) in [5.74, 6) is 0. The Morgan fingerprint density at radius 2 is 1.68 bits per heavy atom. The average molecular weight is 270 g/mol. The van der Waals surface area contributed by atoms with Gasteiger partial charge in [0.2, 0.25) is 0 Å². The molecule has 2 aromatic rings. The number of nitrogens with two attached hydrogens (primary N) is 1. The molecular weight excluding hydrogens is 252 g/mol. The fraction of sp³-hybridized carbons (Fsp3) is 0.188. The Hall–Kier alpha value is -1.87. The van der Waals surface area contributed by atoms with Crippen LogP contribution in [0, 0.1) is 20.8 Å². The van der Waals surface area contributed by atoms with Gasteiger partial charge in [0.05, 0.1) is 0 Å². The van der Waals surface area contributed by atoms with Crippen LogP contribution in [0.5, 0.6) is 0 Å². The van der Waals surface area contributed by atoms with E-state index in [9.17, 15) is 0 Å². The molecule has 3 N–H and O–H groups in total. The first-order chi connectivity index (χ1) is 8.97.